The standard InChI is InChI=1S/C17H30N2O4/c1-12(2)23-9-5-8-18-15(20)11-19-10-13-6-4-7-14(13)16(19)17(21)22-3/h12-14,16H,4-11H2,1-3H3,(H,18,20)/t13-,14+,16-/m0/s1. The minimum absolute atomic E-state index is 0.0246. The average molecular weight is 326 g/mol. The second-order valence-electron chi connectivity index (χ2n) is 6.88. The molecule has 2 rings (SSSR count). The number of nitrogens with zero attached hydrogens (tertiary/aromatic N) is 1. The van der Waals surface area contributed by atoms with E-state index in [0.717, 1.165) is 25.8 Å². The number of esters is 1. The highest BCUT2D eigenvalue weighted by Gasteiger charge is 2.48. The van der Waals surface area contributed by atoms with Crippen molar-refractivity contribution in [3.05, 3.63) is 0 Å². The van der Waals surface area contributed by atoms with Crippen molar-refractivity contribution >= 4 is 11.9 Å². The Balaban J connectivity index is 1.76. The summed E-state index contributed by atoms with van der Waals surface area (Å²) in [6, 6.07) is -0.248. The summed E-state index contributed by atoms with van der Waals surface area (Å²) in [7, 11) is 1.43. The Morgan fingerprint density at radius 2 is 2.09 bits per heavy atom. The Kier molecular flexibility index (Phi) is 6.84. The lowest BCUT2D eigenvalue weighted by Crippen LogP contribution is -2.45. The lowest BCUT2D eigenvalue weighted by atomic mass is 9.94. The average Bonchev–Trinajstić information content (AvgIpc) is 3.06. The molecule has 1 N–H and O–H groups in total. The van der Waals surface area contributed by atoms with Crippen LogP contribution in [0.2, 0.25) is 0 Å². The van der Waals surface area contributed by atoms with Crippen molar-refractivity contribution in [2.75, 3.05) is 33.4 Å². The van der Waals surface area contributed by atoms with Gasteiger partial charge in [-0.25, -0.2) is 0 Å². The summed E-state index contributed by atoms with van der Waals surface area (Å²) in [6.07, 6.45) is 4.42. The Bertz CT molecular complexity index is 413. The molecule has 0 unspecified atom stereocenters. The SMILES string of the molecule is COC(=O)[C@@H]1[C@@H]2CCC[C@H]2CN1CC(=O)NCCCOC(C)C. The Morgan fingerprint density at radius 3 is 2.78 bits per heavy atom. The number of hydrogen-bond acceptors (Lipinski definition) is 5. The van der Waals surface area contributed by atoms with Crippen LogP contribution in [0.15, 0.2) is 0 Å². The number of rotatable bonds is 8. The minimum Gasteiger partial charge on any atom is -0.468 e. The summed E-state index contributed by atoms with van der Waals surface area (Å²) >= 11 is 0. The van der Waals surface area contributed by atoms with Crippen LogP contribution in [0.4, 0.5) is 0 Å². The van der Waals surface area contributed by atoms with Crippen LogP contribution in [0, 0.1) is 11.8 Å². The van der Waals surface area contributed by atoms with Crippen molar-refractivity contribution in [2.45, 2.75) is 51.7 Å². The van der Waals surface area contributed by atoms with Crippen LogP contribution in [0.3, 0.4) is 0 Å². The molecule has 6 nitrogen and oxygen atoms in total. The van der Waals surface area contributed by atoms with Crippen LogP contribution in [0.1, 0.15) is 39.5 Å². The Labute approximate surface area is 138 Å². The molecular weight excluding hydrogens is 296 g/mol. The van der Waals surface area contributed by atoms with Gasteiger partial charge in [0.15, 0.2) is 0 Å². The lowest BCUT2D eigenvalue weighted by molar-refractivity contribution is -0.147. The molecule has 0 aromatic carbocycles. The van der Waals surface area contributed by atoms with Crippen molar-refractivity contribution in [2.24, 2.45) is 11.8 Å². The largest absolute Gasteiger partial charge is 0.468 e. The van der Waals surface area contributed by atoms with Gasteiger partial charge in [-0.2, -0.15) is 0 Å². The molecule has 1 saturated heterocycles. The van der Waals surface area contributed by atoms with E-state index in [1.54, 1.807) is 0 Å². The number of likely N-dealkylation sites (tertiary alicyclic amines) is 1. The third kappa shape index (κ3) is 4.91. The number of ether oxygens (including phenoxy) is 2. The van der Waals surface area contributed by atoms with E-state index in [1.807, 2.05) is 18.7 Å². The third-order valence-electron chi connectivity index (χ3n) is 4.87. The van der Waals surface area contributed by atoms with Gasteiger partial charge in [-0.1, -0.05) is 6.42 Å². The zero-order valence-electron chi connectivity index (χ0n) is 14.5. The number of carbonyl (C=O) groups excluding carboxylic acids is 2. The molecule has 3 atom stereocenters. The zero-order valence-corrected chi connectivity index (χ0v) is 14.5. The quantitative estimate of drug-likeness (QED) is 0.536. The molecule has 0 radical (unpaired) electrons. The van der Waals surface area contributed by atoms with E-state index in [9.17, 15) is 9.59 Å². The van der Waals surface area contributed by atoms with Crippen LogP contribution in [-0.4, -0.2) is 62.3 Å². The third-order valence-corrected chi connectivity index (χ3v) is 4.87. The van der Waals surface area contributed by atoms with Gasteiger partial charge in [0, 0.05) is 19.7 Å². The molecular formula is C17H30N2O4. The Morgan fingerprint density at radius 1 is 1.30 bits per heavy atom. The fraction of sp³-hybridized carbons (Fsp3) is 0.882. The highest BCUT2D eigenvalue weighted by atomic mass is 16.5. The van der Waals surface area contributed by atoms with Gasteiger partial charge in [-0.15, -0.1) is 0 Å². The van der Waals surface area contributed by atoms with Crippen molar-refractivity contribution < 1.29 is 19.1 Å². The van der Waals surface area contributed by atoms with Crippen LogP contribution >= 0.6 is 0 Å². The molecule has 1 aliphatic heterocycles. The molecule has 6 heteroatoms. The first-order valence-electron chi connectivity index (χ1n) is 8.73. The van der Waals surface area contributed by atoms with Gasteiger partial charge >= 0.3 is 5.97 Å². The summed E-state index contributed by atoms with van der Waals surface area (Å²) < 4.78 is 10.4. The predicted molar refractivity (Wildman–Crippen MR) is 86.9 cm³/mol. The summed E-state index contributed by atoms with van der Waals surface area (Å²) in [5, 5.41) is 2.91. The summed E-state index contributed by atoms with van der Waals surface area (Å²) in [5.41, 5.74) is 0. The summed E-state index contributed by atoms with van der Waals surface area (Å²) in [6.45, 7) is 6.35. The van der Waals surface area contributed by atoms with Crippen LogP contribution in [0.25, 0.3) is 0 Å². The molecule has 1 saturated carbocycles. The number of carbonyl (C=O) groups is 2. The van der Waals surface area contributed by atoms with Gasteiger partial charge in [-0.3, -0.25) is 14.5 Å². The highest BCUT2D eigenvalue weighted by molar-refractivity contribution is 5.81. The van der Waals surface area contributed by atoms with Gasteiger partial charge < -0.3 is 14.8 Å². The second-order valence-corrected chi connectivity index (χ2v) is 6.88. The van der Waals surface area contributed by atoms with E-state index in [-0.39, 0.29) is 30.6 Å². The van der Waals surface area contributed by atoms with Crippen molar-refractivity contribution in [3.8, 4) is 0 Å². The molecule has 132 valence electrons. The molecule has 0 spiro atoms. The molecule has 0 aromatic rings. The molecule has 1 aliphatic carbocycles. The molecule has 2 aliphatic rings. The van der Waals surface area contributed by atoms with Gasteiger partial charge in [0.25, 0.3) is 0 Å². The zero-order chi connectivity index (χ0) is 16.8. The minimum atomic E-state index is -0.248. The fourth-order valence-corrected chi connectivity index (χ4v) is 3.86. The van der Waals surface area contributed by atoms with E-state index in [0.29, 0.717) is 25.0 Å². The number of amides is 1. The lowest BCUT2D eigenvalue weighted by Gasteiger charge is -2.24. The second kappa shape index (κ2) is 8.64. The number of hydrogen-bond donors (Lipinski definition) is 1. The van der Waals surface area contributed by atoms with Crippen LogP contribution < -0.4 is 5.32 Å². The fourth-order valence-electron chi connectivity index (χ4n) is 3.86. The van der Waals surface area contributed by atoms with Crippen LogP contribution in [0.5, 0.6) is 0 Å². The normalized spacial score (nSPS) is 27.2. The maximum atomic E-state index is 12.1. The molecule has 2 fully saturated rings. The van der Waals surface area contributed by atoms with E-state index >= 15 is 0 Å². The van der Waals surface area contributed by atoms with Gasteiger partial charge in [0.2, 0.25) is 5.91 Å². The van der Waals surface area contributed by atoms with E-state index in [1.165, 1.54) is 13.5 Å². The monoisotopic (exact) mass is 326 g/mol. The van der Waals surface area contributed by atoms with E-state index in [4.69, 9.17) is 9.47 Å². The number of nitrogens with one attached hydrogen (secondary N) is 1. The van der Waals surface area contributed by atoms with Crippen LogP contribution in [-0.2, 0) is 19.1 Å². The molecule has 0 aromatic heterocycles. The molecule has 23 heavy (non-hydrogen) atoms. The van der Waals surface area contributed by atoms with Gasteiger partial charge in [-0.05, 0) is 44.9 Å². The molecule has 1 heterocycles. The molecule has 0 bridgehead atoms. The Hall–Kier alpha value is -1.14. The van der Waals surface area contributed by atoms with Crippen molar-refractivity contribution in [3.63, 3.8) is 0 Å². The highest BCUT2D eigenvalue weighted by Crippen LogP contribution is 2.42. The van der Waals surface area contributed by atoms with Gasteiger partial charge in [0.05, 0.1) is 19.8 Å². The maximum Gasteiger partial charge on any atom is 0.323 e. The van der Waals surface area contributed by atoms with Crippen molar-refractivity contribution in [1.82, 2.24) is 10.2 Å². The van der Waals surface area contributed by atoms with Crippen molar-refractivity contribution in [1.29, 1.82) is 0 Å². The summed E-state index contributed by atoms with van der Waals surface area (Å²) in [4.78, 5) is 26.2. The number of methoxy groups -OCH3 is 1. The summed E-state index contributed by atoms with van der Waals surface area (Å²) in [5.74, 6) is 0.669. The maximum absolute atomic E-state index is 12.1. The molecule has 1 amide bonds. The topological polar surface area (TPSA) is 67.9 Å². The first-order chi connectivity index (χ1) is 11.0. The number of fused-ring (bicyclic) bond motifs is 1. The first-order valence-corrected chi connectivity index (χ1v) is 8.73. The van der Waals surface area contributed by atoms with E-state index in [2.05, 4.69) is 5.32 Å². The predicted octanol–water partition coefficient (Wildman–Crippen LogP) is 1.19. The van der Waals surface area contributed by atoms with E-state index < -0.39 is 0 Å². The first kappa shape index (κ1) is 18.2. The van der Waals surface area contributed by atoms with Gasteiger partial charge in [0.1, 0.15) is 6.04 Å². The smallest absolute Gasteiger partial charge is 0.323 e.